The second-order valence-electron chi connectivity index (χ2n) is 6.94. The van der Waals surface area contributed by atoms with Gasteiger partial charge < -0.3 is 5.73 Å². The van der Waals surface area contributed by atoms with E-state index in [9.17, 15) is 0 Å². The van der Waals surface area contributed by atoms with Crippen LogP contribution in [0.1, 0.15) is 104 Å². The highest BCUT2D eigenvalue weighted by Crippen LogP contribution is 2.33. The molecule has 0 aromatic rings. The van der Waals surface area contributed by atoms with Crippen molar-refractivity contribution in [2.45, 2.75) is 109 Å². The van der Waals surface area contributed by atoms with E-state index in [4.69, 9.17) is 5.73 Å². The summed E-state index contributed by atoms with van der Waals surface area (Å²) in [4.78, 5) is 0. The van der Waals surface area contributed by atoms with Crippen LogP contribution in [0, 0.1) is 5.92 Å². The molecule has 0 aliphatic heterocycles. The largest absolute Gasteiger partial charge is 0.325 e. The number of unbranched alkanes of at least 4 members (excludes halogenated alkanes) is 6. The van der Waals surface area contributed by atoms with Crippen LogP contribution in [0.5, 0.6) is 0 Å². The monoisotopic (exact) mass is 267 g/mol. The van der Waals surface area contributed by atoms with Gasteiger partial charge in [-0.25, -0.2) is 0 Å². The zero-order chi connectivity index (χ0) is 14.0. The van der Waals surface area contributed by atoms with Gasteiger partial charge in [0.1, 0.15) is 0 Å². The molecule has 0 spiro atoms. The molecule has 1 aliphatic carbocycles. The van der Waals surface area contributed by atoms with Gasteiger partial charge in [-0.15, -0.1) is 0 Å². The molecule has 0 heterocycles. The van der Waals surface area contributed by atoms with Crippen molar-refractivity contribution >= 4 is 0 Å². The lowest BCUT2D eigenvalue weighted by atomic mass is 9.85. The molecule has 1 rings (SSSR count). The van der Waals surface area contributed by atoms with Crippen LogP contribution in [0.3, 0.4) is 0 Å². The Morgan fingerprint density at radius 2 is 1.58 bits per heavy atom. The summed E-state index contributed by atoms with van der Waals surface area (Å²) in [6.07, 6.45) is 19.2. The smallest absolute Gasteiger partial charge is 0.0154 e. The Balaban J connectivity index is 2.10. The molecule has 0 aromatic heterocycles. The number of nitrogens with two attached hydrogens (primary N) is 1. The first-order valence-electron chi connectivity index (χ1n) is 8.99. The SMILES string of the molecule is CCCCCCCCCC1(N)CCCC(CC)CC1. The van der Waals surface area contributed by atoms with Gasteiger partial charge in [-0.05, 0) is 31.6 Å². The third-order valence-corrected chi connectivity index (χ3v) is 5.19. The van der Waals surface area contributed by atoms with Crippen LogP contribution in [0.4, 0.5) is 0 Å². The van der Waals surface area contributed by atoms with Crippen LogP contribution in [0.25, 0.3) is 0 Å². The summed E-state index contributed by atoms with van der Waals surface area (Å²) < 4.78 is 0. The fraction of sp³-hybridized carbons (Fsp3) is 1.00. The summed E-state index contributed by atoms with van der Waals surface area (Å²) in [6, 6.07) is 0. The van der Waals surface area contributed by atoms with Gasteiger partial charge in [0, 0.05) is 5.54 Å². The molecule has 1 nitrogen and oxygen atoms in total. The van der Waals surface area contributed by atoms with Gasteiger partial charge in [-0.1, -0.05) is 78.1 Å². The van der Waals surface area contributed by atoms with Gasteiger partial charge in [0.05, 0.1) is 0 Å². The lowest BCUT2D eigenvalue weighted by molar-refractivity contribution is 0.324. The molecular weight excluding hydrogens is 230 g/mol. The molecule has 0 aromatic carbocycles. The predicted octanol–water partition coefficient (Wildman–Crippen LogP) is 5.81. The molecule has 114 valence electrons. The van der Waals surface area contributed by atoms with Gasteiger partial charge in [0.25, 0.3) is 0 Å². The molecular formula is C18H37N. The summed E-state index contributed by atoms with van der Waals surface area (Å²) in [5, 5.41) is 0. The molecule has 1 aliphatic rings. The first-order valence-corrected chi connectivity index (χ1v) is 8.99. The zero-order valence-electron chi connectivity index (χ0n) is 13.6. The van der Waals surface area contributed by atoms with Gasteiger partial charge in [-0.2, -0.15) is 0 Å². The van der Waals surface area contributed by atoms with Gasteiger partial charge in [0.2, 0.25) is 0 Å². The minimum absolute atomic E-state index is 0.188. The molecule has 0 bridgehead atoms. The number of hydrogen-bond acceptors (Lipinski definition) is 1. The third kappa shape index (κ3) is 7.34. The lowest BCUT2D eigenvalue weighted by Gasteiger charge is -2.28. The van der Waals surface area contributed by atoms with Gasteiger partial charge in [-0.3, -0.25) is 0 Å². The maximum absolute atomic E-state index is 6.64. The highest BCUT2D eigenvalue weighted by atomic mass is 14.7. The van der Waals surface area contributed by atoms with E-state index >= 15 is 0 Å². The van der Waals surface area contributed by atoms with Gasteiger partial charge in [0.15, 0.2) is 0 Å². The van der Waals surface area contributed by atoms with E-state index in [2.05, 4.69) is 13.8 Å². The third-order valence-electron chi connectivity index (χ3n) is 5.19. The standard InChI is InChI=1S/C18H37N/c1-3-5-6-7-8-9-10-14-18(19)15-11-12-17(4-2)13-16-18/h17H,3-16,19H2,1-2H3. The molecule has 0 saturated heterocycles. The lowest BCUT2D eigenvalue weighted by Crippen LogP contribution is -2.39. The summed E-state index contributed by atoms with van der Waals surface area (Å²) in [5.74, 6) is 0.958. The van der Waals surface area contributed by atoms with E-state index in [0.717, 1.165) is 5.92 Å². The minimum Gasteiger partial charge on any atom is -0.325 e. The van der Waals surface area contributed by atoms with Crippen molar-refractivity contribution in [1.29, 1.82) is 0 Å². The second-order valence-corrected chi connectivity index (χ2v) is 6.94. The molecule has 1 saturated carbocycles. The Bertz CT molecular complexity index is 214. The molecule has 1 fully saturated rings. The van der Waals surface area contributed by atoms with E-state index in [-0.39, 0.29) is 5.54 Å². The highest BCUT2D eigenvalue weighted by Gasteiger charge is 2.28. The summed E-state index contributed by atoms with van der Waals surface area (Å²) in [7, 11) is 0. The van der Waals surface area contributed by atoms with E-state index < -0.39 is 0 Å². The molecule has 2 N–H and O–H groups in total. The van der Waals surface area contributed by atoms with Crippen molar-refractivity contribution in [2.75, 3.05) is 0 Å². The minimum atomic E-state index is 0.188. The topological polar surface area (TPSA) is 26.0 Å². The van der Waals surface area contributed by atoms with Crippen molar-refractivity contribution in [3.8, 4) is 0 Å². The van der Waals surface area contributed by atoms with Gasteiger partial charge >= 0.3 is 0 Å². The molecule has 19 heavy (non-hydrogen) atoms. The average Bonchev–Trinajstić information content (AvgIpc) is 2.60. The Labute approximate surface area is 121 Å². The fourth-order valence-electron chi connectivity index (χ4n) is 3.60. The Morgan fingerprint density at radius 3 is 2.26 bits per heavy atom. The molecule has 2 atom stereocenters. The van der Waals surface area contributed by atoms with E-state index in [1.165, 1.54) is 89.9 Å². The van der Waals surface area contributed by atoms with Crippen LogP contribution in [0.15, 0.2) is 0 Å². The summed E-state index contributed by atoms with van der Waals surface area (Å²) in [6.45, 7) is 4.62. The van der Waals surface area contributed by atoms with Crippen molar-refractivity contribution in [3.05, 3.63) is 0 Å². The fourth-order valence-corrected chi connectivity index (χ4v) is 3.60. The van der Waals surface area contributed by atoms with E-state index in [1.807, 2.05) is 0 Å². The predicted molar refractivity (Wildman–Crippen MR) is 86.4 cm³/mol. The van der Waals surface area contributed by atoms with Crippen LogP contribution in [-0.2, 0) is 0 Å². The van der Waals surface area contributed by atoms with Crippen molar-refractivity contribution in [3.63, 3.8) is 0 Å². The van der Waals surface area contributed by atoms with Crippen LogP contribution in [0.2, 0.25) is 0 Å². The summed E-state index contributed by atoms with van der Waals surface area (Å²) >= 11 is 0. The maximum Gasteiger partial charge on any atom is 0.0154 e. The Morgan fingerprint density at radius 1 is 0.895 bits per heavy atom. The Hall–Kier alpha value is -0.0400. The molecule has 0 amide bonds. The number of rotatable bonds is 9. The van der Waals surface area contributed by atoms with E-state index in [1.54, 1.807) is 0 Å². The first-order chi connectivity index (χ1) is 9.20. The van der Waals surface area contributed by atoms with Crippen molar-refractivity contribution in [1.82, 2.24) is 0 Å². The average molecular weight is 268 g/mol. The zero-order valence-corrected chi connectivity index (χ0v) is 13.6. The van der Waals surface area contributed by atoms with Crippen LogP contribution < -0.4 is 5.73 Å². The molecule has 0 radical (unpaired) electrons. The number of hydrogen-bond donors (Lipinski definition) is 1. The van der Waals surface area contributed by atoms with Crippen LogP contribution in [-0.4, -0.2) is 5.54 Å². The quantitative estimate of drug-likeness (QED) is 0.414. The van der Waals surface area contributed by atoms with Crippen LogP contribution >= 0.6 is 0 Å². The van der Waals surface area contributed by atoms with Crippen molar-refractivity contribution in [2.24, 2.45) is 11.7 Å². The molecule has 1 heteroatoms. The Kier molecular flexibility index (Phi) is 8.77. The van der Waals surface area contributed by atoms with Crippen molar-refractivity contribution < 1.29 is 0 Å². The highest BCUT2D eigenvalue weighted by molar-refractivity contribution is 4.87. The second kappa shape index (κ2) is 9.80. The maximum atomic E-state index is 6.64. The normalized spacial score (nSPS) is 28.3. The van der Waals surface area contributed by atoms with E-state index in [0.29, 0.717) is 0 Å². The summed E-state index contributed by atoms with van der Waals surface area (Å²) in [5.41, 5.74) is 6.83. The molecule has 2 unspecified atom stereocenters. The first kappa shape index (κ1) is 17.0.